The molecular formula is C47H76O18. The summed E-state index contributed by atoms with van der Waals surface area (Å²) in [6.07, 6.45) is -18.4. The fourth-order valence-electron chi connectivity index (χ4n) is 15.5. The molecule has 18 heteroatoms. The molecule has 3 heterocycles. The first kappa shape index (κ1) is 50.0. The van der Waals surface area contributed by atoms with E-state index in [1.165, 1.54) is 0 Å². The zero-order valence-corrected chi connectivity index (χ0v) is 38.6. The quantitative estimate of drug-likeness (QED) is 0.107. The monoisotopic (exact) mass is 929 g/mol. The number of hydrogen-bond acceptors (Lipinski definition) is 18. The van der Waals surface area contributed by atoms with Crippen LogP contribution in [0.4, 0.5) is 0 Å². The van der Waals surface area contributed by atoms with E-state index >= 15 is 0 Å². The van der Waals surface area contributed by atoms with Gasteiger partial charge in [0.25, 0.3) is 0 Å². The molecule has 25 atom stereocenters. The van der Waals surface area contributed by atoms with Crippen LogP contribution in [-0.2, 0) is 33.2 Å². The standard InChI is InChI=1S/C47H76O18/c1-20(2)21-10-15-47(17-16-45(6)22(28(21)47)8-9-26-44(5)13-12-27(49)43(3,4)25(44)11-14-46(26,45)7)42(59)65-40-34(55)30(51)29(50)24(62-40)19-60-39-36(57)32(53)37(23(18-48)61-39)63-41-35(56)31(52)33(54)38(58)64-41/h21-41,48-58H,1,8-19H2,2-7H3/t21-,22+,23+,24+,25-,26+,27+,28+,29+,30-,31+,32+,33+,34+,35+,36+,37+,38+,39+,40-,41+,44-,45+,46+,47-/m0/s1. The lowest BCUT2D eigenvalue weighted by Gasteiger charge is -2.72. The second-order valence-electron chi connectivity index (χ2n) is 22.6. The summed E-state index contributed by atoms with van der Waals surface area (Å²) < 4.78 is 34.0. The Morgan fingerprint density at radius 3 is 1.95 bits per heavy atom. The van der Waals surface area contributed by atoms with Gasteiger partial charge in [0.15, 0.2) is 18.9 Å². The minimum absolute atomic E-state index is 0.00529. The normalized spacial score (nSPS) is 55.2. The summed E-state index contributed by atoms with van der Waals surface area (Å²) in [5.74, 6) is 0.478. The molecule has 65 heavy (non-hydrogen) atoms. The molecule has 372 valence electrons. The van der Waals surface area contributed by atoms with Gasteiger partial charge in [-0.2, -0.15) is 0 Å². The van der Waals surface area contributed by atoms with E-state index in [0.29, 0.717) is 24.7 Å². The lowest BCUT2D eigenvalue weighted by Crippen LogP contribution is -2.67. The molecule has 0 aromatic heterocycles. The van der Waals surface area contributed by atoms with Gasteiger partial charge in [0.1, 0.15) is 67.1 Å². The average molecular weight is 929 g/mol. The Bertz CT molecular complexity index is 1750. The predicted molar refractivity (Wildman–Crippen MR) is 225 cm³/mol. The summed E-state index contributed by atoms with van der Waals surface area (Å²) in [4.78, 5) is 14.9. The first-order chi connectivity index (χ1) is 30.4. The van der Waals surface area contributed by atoms with E-state index < -0.39 is 117 Å². The molecule has 5 aliphatic carbocycles. The largest absolute Gasteiger partial charge is 0.432 e. The Kier molecular flexibility index (Phi) is 13.7. The molecule has 8 rings (SSSR count). The number of aliphatic hydroxyl groups excluding tert-OH is 11. The van der Waals surface area contributed by atoms with Crippen LogP contribution in [0.1, 0.15) is 106 Å². The number of rotatable bonds is 9. The van der Waals surface area contributed by atoms with E-state index in [0.717, 1.165) is 56.9 Å². The Hall–Kier alpha value is -1.43. The van der Waals surface area contributed by atoms with Gasteiger partial charge in [0.2, 0.25) is 6.29 Å². The number of hydrogen-bond donors (Lipinski definition) is 11. The molecule has 0 spiro atoms. The third-order valence-corrected chi connectivity index (χ3v) is 19.4. The molecule has 3 aliphatic heterocycles. The molecule has 0 radical (unpaired) electrons. The zero-order chi connectivity index (χ0) is 47.5. The van der Waals surface area contributed by atoms with Crippen LogP contribution in [0.15, 0.2) is 12.2 Å². The van der Waals surface area contributed by atoms with E-state index in [2.05, 4.69) is 41.2 Å². The lowest BCUT2D eigenvalue weighted by atomic mass is 9.32. The maximum absolute atomic E-state index is 14.9. The predicted octanol–water partition coefficient (Wildman–Crippen LogP) is -0.0461. The smallest absolute Gasteiger partial charge is 0.314 e. The van der Waals surface area contributed by atoms with Crippen LogP contribution in [-0.4, -0.2) is 174 Å². The Labute approximate surface area is 380 Å². The second kappa shape index (κ2) is 17.8. The van der Waals surface area contributed by atoms with E-state index in [1.54, 1.807) is 0 Å². The van der Waals surface area contributed by atoms with Crippen molar-refractivity contribution in [1.29, 1.82) is 0 Å². The third kappa shape index (κ3) is 7.71. The molecule has 11 N–H and O–H groups in total. The van der Waals surface area contributed by atoms with Crippen LogP contribution in [0.3, 0.4) is 0 Å². The fourth-order valence-corrected chi connectivity index (χ4v) is 15.5. The van der Waals surface area contributed by atoms with E-state index in [1.807, 2.05) is 6.92 Å². The Morgan fingerprint density at radius 1 is 0.631 bits per heavy atom. The van der Waals surface area contributed by atoms with Crippen molar-refractivity contribution in [1.82, 2.24) is 0 Å². The molecule has 0 bridgehead atoms. The Morgan fingerprint density at radius 2 is 1.28 bits per heavy atom. The van der Waals surface area contributed by atoms with Crippen molar-refractivity contribution < 1.29 is 89.4 Å². The van der Waals surface area contributed by atoms with Crippen molar-refractivity contribution in [3.05, 3.63) is 12.2 Å². The zero-order valence-electron chi connectivity index (χ0n) is 38.6. The highest BCUT2D eigenvalue weighted by Crippen LogP contribution is 2.77. The number of ether oxygens (including phenoxy) is 6. The van der Waals surface area contributed by atoms with Crippen molar-refractivity contribution >= 4 is 5.97 Å². The van der Waals surface area contributed by atoms with Gasteiger partial charge >= 0.3 is 5.97 Å². The van der Waals surface area contributed by atoms with Crippen LogP contribution in [0.25, 0.3) is 0 Å². The van der Waals surface area contributed by atoms with Crippen molar-refractivity contribution in [2.24, 2.45) is 56.7 Å². The minimum Gasteiger partial charge on any atom is -0.432 e. The maximum Gasteiger partial charge on any atom is 0.314 e. The van der Waals surface area contributed by atoms with Crippen molar-refractivity contribution in [3.8, 4) is 0 Å². The highest BCUT2D eigenvalue weighted by molar-refractivity contribution is 5.78. The van der Waals surface area contributed by atoms with Gasteiger partial charge < -0.3 is 84.6 Å². The van der Waals surface area contributed by atoms with Crippen LogP contribution in [0, 0.1) is 56.7 Å². The van der Waals surface area contributed by atoms with Crippen molar-refractivity contribution in [2.45, 2.75) is 204 Å². The molecule has 0 amide bonds. The summed E-state index contributed by atoms with van der Waals surface area (Å²) in [5, 5.41) is 117. The molecule has 8 aliphatic rings. The minimum atomic E-state index is -1.97. The summed E-state index contributed by atoms with van der Waals surface area (Å²) in [7, 11) is 0. The van der Waals surface area contributed by atoms with Gasteiger partial charge in [0.05, 0.1) is 24.7 Å². The van der Waals surface area contributed by atoms with Crippen LogP contribution < -0.4 is 0 Å². The number of esters is 1. The number of aliphatic hydroxyl groups is 11. The molecular weight excluding hydrogens is 852 g/mol. The number of fused-ring (bicyclic) bond motifs is 7. The number of carbonyl (C=O) groups is 1. The first-order valence-corrected chi connectivity index (χ1v) is 23.9. The van der Waals surface area contributed by atoms with Gasteiger partial charge in [-0.15, -0.1) is 0 Å². The van der Waals surface area contributed by atoms with Gasteiger partial charge in [-0.1, -0.05) is 46.8 Å². The van der Waals surface area contributed by atoms with E-state index in [4.69, 9.17) is 28.4 Å². The highest BCUT2D eigenvalue weighted by Gasteiger charge is 2.72. The van der Waals surface area contributed by atoms with Crippen LogP contribution in [0.5, 0.6) is 0 Å². The fraction of sp³-hybridized carbons (Fsp3) is 0.936. The molecule has 8 fully saturated rings. The molecule has 3 saturated heterocycles. The van der Waals surface area contributed by atoms with E-state index in [-0.39, 0.29) is 45.5 Å². The third-order valence-electron chi connectivity index (χ3n) is 19.4. The Balaban J connectivity index is 0.962. The lowest BCUT2D eigenvalue weighted by molar-refractivity contribution is -0.380. The van der Waals surface area contributed by atoms with Gasteiger partial charge in [-0.25, -0.2) is 0 Å². The SMILES string of the molecule is C=C(C)[C@@H]1CC[C@]2(C(=O)O[C@@H]3O[C@H](CO[C@@H]4O[C@H](CO)[C@@H](O[C@@H]5O[C@@H](O)[C@H](O)[C@@H](O)[C@H]5O)[C@H](O)[C@H]4O)[C@@H](O)[C@H](O)[C@H]3O)CC[C@]3(C)[C@H](CC[C@@H]4[C@@]5(C)CC[C@@H](O)C(C)(C)[C@@H]5CC[C@]43C)[C@@H]12. The van der Waals surface area contributed by atoms with Gasteiger partial charge in [-0.3, -0.25) is 4.79 Å². The molecule has 0 aromatic rings. The molecule has 0 unspecified atom stereocenters. The number of allylic oxidation sites excluding steroid dienone is 1. The van der Waals surface area contributed by atoms with Crippen molar-refractivity contribution in [2.75, 3.05) is 13.2 Å². The summed E-state index contributed by atoms with van der Waals surface area (Å²) in [6.45, 7) is 16.9. The van der Waals surface area contributed by atoms with Crippen LogP contribution >= 0.6 is 0 Å². The topological polar surface area (TPSA) is 295 Å². The summed E-state index contributed by atoms with van der Waals surface area (Å²) >= 11 is 0. The summed E-state index contributed by atoms with van der Waals surface area (Å²) in [5.41, 5.74) is -0.105. The first-order valence-electron chi connectivity index (χ1n) is 23.9. The van der Waals surface area contributed by atoms with Gasteiger partial charge in [0, 0.05) is 0 Å². The second-order valence-corrected chi connectivity index (χ2v) is 22.6. The van der Waals surface area contributed by atoms with E-state index in [9.17, 15) is 61.0 Å². The van der Waals surface area contributed by atoms with Crippen molar-refractivity contribution in [3.63, 3.8) is 0 Å². The average Bonchev–Trinajstić information content (AvgIpc) is 3.67. The maximum atomic E-state index is 14.9. The van der Waals surface area contributed by atoms with Crippen LogP contribution in [0.2, 0.25) is 0 Å². The molecule has 5 saturated carbocycles. The number of carbonyl (C=O) groups excluding carboxylic acids is 1. The molecule has 18 nitrogen and oxygen atoms in total. The van der Waals surface area contributed by atoms with Gasteiger partial charge in [-0.05, 0) is 122 Å². The highest BCUT2D eigenvalue weighted by atomic mass is 16.8. The summed E-state index contributed by atoms with van der Waals surface area (Å²) in [6, 6.07) is 0. The molecule has 0 aromatic carbocycles.